The van der Waals surface area contributed by atoms with E-state index in [4.69, 9.17) is 19.9 Å². The zero-order valence-electron chi connectivity index (χ0n) is 24.9. The Morgan fingerprint density at radius 3 is 2.23 bits per heavy atom. The molecule has 4 N–H and O–H groups in total. The lowest BCUT2D eigenvalue weighted by Gasteiger charge is -2.26. The fourth-order valence-electron chi connectivity index (χ4n) is 3.41. The van der Waals surface area contributed by atoms with Crippen LogP contribution in [-0.4, -0.2) is 110 Å². The summed E-state index contributed by atoms with van der Waals surface area (Å²) in [7, 11) is 3.96. The van der Waals surface area contributed by atoms with Crippen LogP contribution in [0.15, 0.2) is 42.6 Å². The van der Waals surface area contributed by atoms with E-state index in [1.807, 2.05) is 0 Å². The highest BCUT2D eigenvalue weighted by Gasteiger charge is 2.33. The molecule has 2 unspecified atom stereocenters. The summed E-state index contributed by atoms with van der Waals surface area (Å²) in [4.78, 5) is 88.0. The molecule has 0 heterocycles. The van der Waals surface area contributed by atoms with Crippen molar-refractivity contribution in [2.24, 2.45) is 5.73 Å². The highest BCUT2D eigenvalue weighted by Crippen LogP contribution is 2.13. The number of amides is 5. The van der Waals surface area contributed by atoms with Crippen molar-refractivity contribution in [2.75, 3.05) is 40.9 Å². The molecule has 0 spiro atoms. The molecule has 0 aliphatic rings. The van der Waals surface area contributed by atoms with Gasteiger partial charge in [0, 0.05) is 34.5 Å². The van der Waals surface area contributed by atoms with E-state index in [1.54, 1.807) is 37.3 Å². The van der Waals surface area contributed by atoms with E-state index in [2.05, 4.69) is 17.2 Å². The summed E-state index contributed by atoms with van der Waals surface area (Å²) in [6.07, 6.45) is -2.15. The lowest BCUT2D eigenvalue weighted by molar-refractivity contribution is -0.164. The summed E-state index contributed by atoms with van der Waals surface area (Å²) in [6, 6.07) is 7.11. The SMILES string of the molecule is C=C(C(=O)NCC(=O)N(C)CC(N)=O)N(C)C(=O)C(Cc1ccccc1)OC(=O)C(COC(=O)C[C@@H](C)OC)NC(C)=O. The molecule has 0 saturated heterocycles. The summed E-state index contributed by atoms with van der Waals surface area (Å²) in [5.41, 5.74) is 5.30. The first-order valence-electron chi connectivity index (χ1n) is 13.1. The molecule has 43 heavy (non-hydrogen) atoms. The first kappa shape index (κ1) is 36.2. The third kappa shape index (κ3) is 13.2. The number of benzene rings is 1. The van der Waals surface area contributed by atoms with Crippen LogP contribution in [0.1, 0.15) is 25.8 Å². The highest BCUT2D eigenvalue weighted by atomic mass is 16.6. The second-order valence-electron chi connectivity index (χ2n) is 9.54. The number of likely N-dealkylation sites (N-methyl/N-ethyl adjacent to an activating group) is 2. The third-order valence-electron chi connectivity index (χ3n) is 5.94. The lowest BCUT2D eigenvalue weighted by Crippen LogP contribution is -2.49. The van der Waals surface area contributed by atoms with Crippen molar-refractivity contribution in [2.45, 2.75) is 44.9 Å². The van der Waals surface area contributed by atoms with Gasteiger partial charge >= 0.3 is 11.9 Å². The molecule has 0 saturated carbocycles. The van der Waals surface area contributed by atoms with Crippen LogP contribution in [0.2, 0.25) is 0 Å². The van der Waals surface area contributed by atoms with Crippen LogP contribution >= 0.6 is 0 Å². The van der Waals surface area contributed by atoms with Crippen LogP contribution in [0.5, 0.6) is 0 Å². The van der Waals surface area contributed by atoms with Crippen molar-refractivity contribution >= 4 is 41.5 Å². The monoisotopic (exact) mass is 605 g/mol. The minimum Gasteiger partial charge on any atom is -0.463 e. The van der Waals surface area contributed by atoms with Gasteiger partial charge in [-0.05, 0) is 12.5 Å². The van der Waals surface area contributed by atoms with Gasteiger partial charge in [-0.1, -0.05) is 36.9 Å². The molecule has 15 nitrogen and oxygen atoms in total. The number of hydrogen-bond acceptors (Lipinski definition) is 10. The van der Waals surface area contributed by atoms with Gasteiger partial charge in [-0.15, -0.1) is 0 Å². The Kier molecular flexibility index (Phi) is 15.1. The Morgan fingerprint density at radius 1 is 1.05 bits per heavy atom. The number of primary amides is 1. The van der Waals surface area contributed by atoms with E-state index < -0.39 is 72.9 Å². The van der Waals surface area contributed by atoms with E-state index in [0.717, 1.165) is 16.7 Å². The molecule has 1 rings (SSSR count). The Hall–Kier alpha value is -4.79. The van der Waals surface area contributed by atoms with Gasteiger partial charge in [0.1, 0.15) is 12.3 Å². The summed E-state index contributed by atoms with van der Waals surface area (Å²) in [5, 5.41) is 4.63. The Bertz CT molecular complexity index is 1190. The van der Waals surface area contributed by atoms with Gasteiger partial charge in [-0.3, -0.25) is 28.8 Å². The predicted molar refractivity (Wildman–Crippen MR) is 151 cm³/mol. The minimum absolute atomic E-state index is 0.102. The van der Waals surface area contributed by atoms with Crippen molar-refractivity contribution in [3.05, 3.63) is 48.2 Å². The molecule has 0 aromatic heterocycles. The molecule has 0 aliphatic carbocycles. The molecule has 1 aromatic rings. The number of nitrogens with two attached hydrogens (primary N) is 1. The van der Waals surface area contributed by atoms with E-state index >= 15 is 0 Å². The summed E-state index contributed by atoms with van der Waals surface area (Å²) in [5.74, 6) is -5.45. The van der Waals surface area contributed by atoms with E-state index in [1.165, 1.54) is 21.2 Å². The van der Waals surface area contributed by atoms with Gasteiger partial charge in [0.2, 0.25) is 17.7 Å². The zero-order valence-corrected chi connectivity index (χ0v) is 24.9. The maximum Gasteiger partial charge on any atom is 0.333 e. The molecule has 236 valence electrons. The van der Waals surface area contributed by atoms with Crippen LogP contribution in [0.25, 0.3) is 0 Å². The number of rotatable bonds is 17. The topological polar surface area (TPSA) is 204 Å². The van der Waals surface area contributed by atoms with Crippen molar-refractivity contribution in [3.63, 3.8) is 0 Å². The van der Waals surface area contributed by atoms with Crippen LogP contribution in [0.3, 0.4) is 0 Å². The number of nitrogens with one attached hydrogen (secondary N) is 2. The quantitative estimate of drug-likeness (QED) is 0.141. The van der Waals surface area contributed by atoms with E-state index in [0.29, 0.717) is 5.56 Å². The van der Waals surface area contributed by atoms with Crippen LogP contribution in [0, 0.1) is 0 Å². The number of methoxy groups -OCH3 is 1. The number of nitrogens with zero attached hydrogens (tertiary/aromatic N) is 2. The fourth-order valence-corrected chi connectivity index (χ4v) is 3.41. The van der Waals surface area contributed by atoms with Gasteiger partial charge in [-0.2, -0.15) is 0 Å². The van der Waals surface area contributed by atoms with Gasteiger partial charge in [0.15, 0.2) is 12.1 Å². The zero-order chi connectivity index (χ0) is 32.7. The summed E-state index contributed by atoms with van der Waals surface area (Å²) < 4.78 is 15.6. The van der Waals surface area contributed by atoms with Crippen molar-refractivity contribution in [3.8, 4) is 0 Å². The van der Waals surface area contributed by atoms with Crippen LogP contribution in [0.4, 0.5) is 0 Å². The number of carbonyl (C=O) groups is 7. The average molecular weight is 606 g/mol. The van der Waals surface area contributed by atoms with Gasteiger partial charge < -0.3 is 40.4 Å². The normalized spacial score (nSPS) is 12.5. The molecule has 0 bridgehead atoms. The Labute approximate surface area is 249 Å². The minimum atomic E-state index is -1.49. The van der Waals surface area contributed by atoms with Crippen LogP contribution < -0.4 is 16.4 Å². The van der Waals surface area contributed by atoms with Crippen LogP contribution in [-0.2, 0) is 54.2 Å². The summed E-state index contributed by atoms with van der Waals surface area (Å²) in [6.45, 7) is 4.96. The Morgan fingerprint density at radius 2 is 1.67 bits per heavy atom. The van der Waals surface area contributed by atoms with E-state index in [-0.39, 0.29) is 25.1 Å². The second kappa shape index (κ2) is 17.9. The van der Waals surface area contributed by atoms with Gasteiger partial charge in [-0.25, -0.2) is 4.79 Å². The second-order valence-corrected chi connectivity index (χ2v) is 9.54. The first-order valence-corrected chi connectivity index (χ1v) is 13.1. The number of carbonyl (C=O) groups excluding carboxylic acids is 7. The van der Waals surface area contributed by atoms with E-state index in [9.17, 15) is 33.6 Å². The smallest absolute Gasteiger partial charge is 0.333 e. The largest absolute Gasteiger partial charge is 0.463 e. The molecule has 0 radical (unpaired) electrons. The molecule has 15 heteroatoms. The van der Waals surface area contributed by atoms with Crippen molar-refractivity contribution in [1.29, 1.82) is 0 Å². The van der Waals surface area contributed by atoms with Crippen molar-refractivity contribution < 1.29 is 47.8 Å². The molecular formula is C28H39N5O10. The first-order chi connectivity index (χ1) is 20.2. The fraction of sp³-hybridized carbons (Fsp3) is 0.464. The van der Waals surface area contributed by atoms with Gasteiger partial charge in [0.05, 0.1) is 25.6 Å². The number of esters is 2. The van der Waals surface area contributed by atoms with Crippen molar-refractivity contribution in [1.82, 2.24) is 20.4 Å². The molecule has 5 amide bonds. The molecule has 1 aromatic carbocycles. The average Bonchev–Trinajstić information content (AvgIpc) is 2.95. The summed E-state index contributed by atoms with van der Waals surface area (Å²) >= 11 is 0. The maximum absolute atomic E-state index is 13.5. The van der Waals surface area contributed by atoms with Gasteiger partial charge in [0.25, 0.3) is 11.8 Å². The molecule has 0 aliphatic heterocycles. The predicted octanol–water partition coefficient (Wildman–Crippen LogP) is -1.35. The number of ether oxygens (including phenoxy) is 3. The Balaban J connectivity index is 3.06. The molecule has 3 atom stereocenters. The highest BCUT2D eigenvalue weighted by molar-refractivity contribution is 5.99. The third-order valence-corrected chi connectivity index (χ3v) is 5.94. The lowest BCUT2D eigenvalue weighted by atomic mass is 10.1. The molecule has 0 fully saturated rings. The maximum atomic E-state index is 13.5. The number of hydrogen-bond donors (Lipinski definition) is 3. The standard InChI is InChI=1S/C28H39N5O10/c1-17(41-6)12-25(37)42-16-21(31-19(3)34)28(40)43-22(13-20-10-8-7-9-11-20)27(39)33(5)18(2)26(38)30-14-24(36)32(4)15-23(29)35/h7-11,17,21-22H,2,12-16H2,1,3-6H3,(H2,29,35)(H,30,38)(H,31,34)/t17-,21?,22?/m1/s1. The molecular weight excluding hydrogens is 566 g/mol.